The summed E-state index contributed by atoms with van der Waals surface area (Å²) in [5.74, 6) is -4.92. The summed E-state index contributed by atoms with van der Waals surface area (Å²) in [4.78, 5) is 56.1. The van der Waals surface area contributed by atoms with Gasteiger partial charge in [-0.2, -0.15) is 0 Å². The highest BCUT2D eigenvalue weighted by atomic mass is 17.2. The molecule has 0 aromatic heterocycles. The quantitative estimate of drug-likeness (QED) is 0.479. The number of ether oxygens (including phenoxy) is 1. The van der Waals surface area contributed by atoms with Crippen molar-refractivity contribution < 1.29 is 38.8 Å². The minimum Gasteiger partial charge on any atom is -0.478 e. The zero-order valence-corrected chi connectivity index (χ0v) is 11.8. The van der Waals surface area contributed by atoms with Crippen molar-refractivity contribution in [3.05, 3.63) is 64.7 Å². The number of benzene rings is 2. The van der Waals surface area contributed by atoms with Crippen LogP contribution in [0.4, 0.5) is 0 Å². The molecule has 0 atom stereocenters. The van der Waals surface area contributed by atoms with E-state index in [-0.39, 0.29) is 16.7 Å². The zero-order valence-electron chi connectivity index (χ0n) is 11.8. The van der Waals surface area contributed by atoms with Gasteiger partial charge in [-0.05, 0) is 36.4 Å². The molecule has 0 aliphatic carbocycles. The van der Waals surface area contributed by atoms with E-state index in [1.807, 2.05) is 0 Å². The minimum absolute atomic E-state index is 0.0550. The monoisotopic (exact) mass is 328 g/mol. The van der Waals surface area contributed by atoms with Crippen LogP contribution >= 0.6 is 0 Å². The van der Waals surface area contributed by atoms with E-state index >= 15 is 0 Å². The summed E-state index contributed by atoms with van der Waals surface area (Å²) < 4.78 is 5.08. The van der Waals surface area contributed by atoms with Crippen LogP contribution in [0.25, 0.3) is 0 Å². The Labute approximate surface area is 134 Å². The number of hydrogen-bond donors (Lipinski definition) is 1. The Balaban J connectivity index is 2.16. The number of aromatic carboxylic acids is 1. The second-order valence-electron chi connectivity index (χ2n) is 4.70. The Kier molecular flexibility index (Phi) is 3.70. The van der Waals surface area contributed by atoms with E-state index in [2.05, 4.69) is 9.78 Å². The maximum absolute atomic E-state index is 12.2. The molecule has 0 unspecified atom stereocenters. The fraction of sp³-hybridized carbons (Fsp3) is 0. The number of esters is 1. The van der Waals surface area contributed by atoms with Crippen molar-refractivity contribution in [2.45, 2.75) is 0 Å². The summed E-state index contributed by atoms with van der Waals surface area (Å²) in [5, 5.41) is 9.21. The van der Waals surface area contributed by atoms with Crippen LogP contribution in [0.1, 0.15) is 41.4 Å². The maximum Gasteiger partial charge on any atom is 0.390 e. The SMILES string of the molecule is O=C1OOC(=O)c2cccc(C(=O)O)c2OC(=O)c2ccc1cc2. The second-order valence-corrected chi connectivity index (χ2v) is 4.70. The molecule has 8 heteroatoms. The highest BCUT2D eigenvalue weighted by Crippen LogP contribution is 2.27. The first-order valence-corrected chi connectivity index (χ1v) is 6.59. The summed E-state index contributed by atoms with van der Waals surface area (Å²) >= 11 is 0. The number of carboxylic acid groups (broad SMARTS) is 1. The lowest BCUT2D eigenvalue weighted by Crippen LogP contribution is -2.19. The first kappa shape index (κ1) is 15.2. The highest BCUT2D eigenvalue weighted by molar-refractivity contribution is 6.02. The number of carboxylic acids is 1. The third kappa shape index (κ3) is 2.68. The molecule has 4 rings (SSSR count). The Morgan fingerprint density at radius 3 is 2.00 bits per heavy atom. The molecule has 0 saturated carbocycles. The average molecular weight is 328 g/mol. The molecule has 2 aliphatic rings. The van der Waals surface area contributed by atoms with Gasteiger partial charge in [-0.25, -0.2) is 29.0 Å². The van der Waals surface area contributed by atoms with Gasteiger partial charge in [0.25, 0.3) is 0 Å². The number of rotatable bonds is 1. The molecule has 0 amide bonds. The molecule has 0 fully saturated rings. The number of para-hydroxylation sites is 1. The molecule has 0 saturated heterocycles. The van der Waals surface area contributed by atoms with Gasteiger partial charge in [0.05, 0.1) is 11.1 Å². The first-order chi connectivity index (χ1) is 11.5. The van der Waals surface area contributed by atoms with Crippen molar-refractivity contribution in [1.82, 2.24) is 0 Å². The summed E-state index contributed by atoms with van der Waals surface area (Å²) in [6.45, 7) is 0. The standard InChI is InChI=1S/C16H8O8/c17-13(18)10-2-1-3-11-12(10)22-14(19)8-4-6-9(7-5-8)15(20)23-24-16(11)21/h1-7H,(H,17,18). The fourth-order valence-electron chi connectivity index (χ4n) is 2.04. The number of carbonyl (C=O) groups is 4. The molecule has 2 aliphatic heterocycles. The Morgan fingerprint density at radius 2 is 1.38 bits per heavy atom. The third-order valence-corrected chi connectivity index (χ3v) is 3.21. The fourth-order valence-corrected chi connectivity index (χ4v) is 2.04. The maximum atomic E-state index is 12.2. The highest BCUT2D eigenvalue weighted by Gasteiger charge is 2.26. The van der Waals surface area contributed by atoms with Gasteiger partial charge in [0.2, 0.25) is 0 Å². The van der Waals surface area contributed by atoms with E-state index < -0.39 is 35.2 Å². The molecular weight excluding hydrogens is 320 g/mol. The Hall–Kier alpha value is -3.68. The predicted molar refractivity (Wildman–Crippen MR) is 75.6 cm³/mol. The number of fused-ring (bicyclic) bond motifs is 6. The van der Waals surface area contributed by atoms with Crippen LogP contribution in [0.2, 0.25) is 0 Å². The third-order valence-electron chi connectivity index (χ3n) is 3.21. The topological polar surface area (TPSA) is 116 Å². The summed E-state index contributed by atoms with van der Waals surface area (Å²) in [6, 6.07) is 8.74. The largest absolute Gasteiger partial charge is 0.478 e. The zero-order chi connectivity index (χ0) is 17.3. The lowest BCUT2D eigenvalue weighted by Gasteiger charge is -2.13. The van der Waals surface area contributed by atoms with Crippen molar-refractivity contribution in [3.63, 3.8) is 0 Å². The van der Waals surface area contributed by atoms with Gasteiger partial charge in [-0.3, -0.25) is 0 Å². The molecular formula is C16H8O8. The van der Waals surface area contributed by atoms with Gasteiger partial charge in [-0.1, -0.05) is 6.07 Å². The molecule has 120 valence electrons. The van der Waals surface area contributed by atoms with Gasteiger partial charge in [0.15, 0.2) is 5.75 Å². The summed E-state index contributed by atoms with van der Waals surface area (Å²) in [7, 11) is 0. The molecule has 8 nitrogen and oxygen atoms in total. The first-order valence-electron chi connectivity index (χ1n) is 6.59. The minimum atomic E-state index is -1.41. The smallest absolute Gasteiger partial charge is 0.390 e. The molecule has 2 aromatic rings. The normalized spacial score (nSPS) is 13.8. The van der Waals surface area contributed by atoms with Crippen LogP contribution < -0.4 is 4.74 Å². The Bertz CT molecular complexity index is 866. The van der Waals surface area contributed by atoms with Gasteiger partial charge in [-0.15, -0.1) is 0 Å². The van der Waals surface area contributed by atoms with Crippen molar-refractivity contribution in [3.8, 4) is 5.75 Å². The van der Waals surface area contributed by atoms with Gasteiger partial charge < -0.3 is 9.84 Å². The van der Waals surface area contributed by atoms with Crippen LogP contribution in [0, 0.1) is 0 Å². The average Bonchev–Trinajstić information content (AvgIpc) is 2.58. The lowest BCUT2D eigenvalue weighted by atomic mass is 10.1. The van der Waals surface area contributed by atoms with Gasteiger partial charge in [0, 0.05) is 0 Å². The molecule has 2 bridgehead atoms. The second kappa shape index (κ2) is 5.84. The Morgan fingerprint density at radius 1 is 0.792 bits per heavy atom. The molecule has 0 radical (unpaired) electrons. The van der Waals surface area contributed by atoms with Crippen molar-refractivity contribution in [2.24, 2.45) is 0 Å². The number of hydrogen-bond acceptors (Lipinski definition) is 7. The van der Waals surface area contributed by atoms with Crippen molar-refractivity contribution in [2.75, 3.05) is 0 Å². The van der Waals surface area contributed by atoms with E-state index in [1.54, 1.807) is 0 Å². The van der Waals surface area contributed by atoms with Crippen LogP contribution in [0.15, 0.2) is 42.5 Å². The molecule has 2 aromatic carbocycles. The van der Waals surface area contributed by atoms with E-state index in [0.29, 0.717) is 0 Å². The number of carbonyl (C=O) groups excluding carboxylic acids is 3. The van der Waals surface area contributed by atoms with Crippen LogP contribution in [-0.2, 0) is 9.78 Å². The van der Waals surface area contributed by atoms with E-state index in [1.165, 1.54) is 36.4 Å². The molecule has 1 N–H and O–H groups in total. The summed E-state index contributed by atoms with van der Waals surface area (Å²) in [6.07, 6.45) is 0. The van der Waals surface area contributed by atoms with Crippen LogP contribution in [0.5, 0.6) is 5.75 Å². The predicted octanol–water partition coefficient (Wildman–Crippen LogP) is 1.85. The van der Waals surface area contributed by atoms with Gasteiger partial charge in [0.1, 0.15) is 11.1 Å². The molecule has 24 heavy (non-hydrogen) atoms. The van der Waals surface area contributed by atoms with Crippen LogP contribution in [0.3, 0.4) is 0 Å². The van der Waals surface area contributed by atoms with Gasteiger partial charge >= 0.3 is 23.9 Å². The van der Waals surface area contributed by atoms with E-state index in [0.717, 1.165) is 6.07 Å². The van der Waals surface area contributed by atoms with Crippen LogP contribution in [-0.4, -0.2) is 29.0 Å². The van der Waals surface area contributed by atoms with E-state index in [9.17, 15) is 24.3 Å². The lowest BCUT2D eigenvalue weighted by molar-refractivity contribution is -0.187. The van der Waals surface area contributed by atoms with Crippen molar-refractivity contribution >= 4 is 23.9 Å². The summed E-state index contributed by atoms with van der Waals surface area (Å²) in [5.41, 5.74) is -0.671. The van der Waals surface area contributed by atoms with E-state index in [4.69, 9.17) is 4.74 Å². The molecule has 0 spiro atoms. The molecule has 2 heterocycles. The van der Waals surface area contributed by atoms with Crippen molar-refractivity contribution in [1.29, 1.82) is 0 Å².